The van der Waals surface area contributed by atoms with E-state index < -0.39 is 0 Å². The van der Waals surface area contributed by atoms with Crippen LogP contribution in [0, 0.1) is 5.41 Å². The quantitative estimate of drug-likeness (QED) is 0.391. The summed E-state index contributed by atoms with van der Waals surface area (Å²) in [5, 5.41) is 7.23. The molecule has 0 saturated heterocycles. The van der Waals surface area contributed by atoms with Crippen LogP contribution < -0.4 is 0 Å². The van der Waals surface area contributed by atoms with Gasteiger partial charge in [0.05, 0.1) is 13.2 Å². The summed E-state index contributed by atoms with van der Waals surface area (Å²) in [5.74, 6) is -0.397. The summed E-state index contributed by atoms with van der Waals surface area (Å²) >= 11 is 0. The average Bonchev–Trinajstić information content (AvgIpc) is 2.11. The lowest BCUT2D eigenvalue weighted by Gasteiger charge is -2.05. The maximum atomic E-state index is 10.9. The van der Waals surface area contributed by atoms with Crippen LogP contribution in [-0.4, -0.2) is 25.1 Å². The van der Waals surface area contributed by atoms with Crippen molar-refractivity contribution in [2.75, 3.05) is 13.2 Å². The number of ether oxygens (including phenoxy) is 2. The van der Waals surface area contributed by atoms with Crippen LogP contribution in [0.1, 0.15) is 33.1 Å². The first-order valence-corrected chi connectivity index (χ1v) is 4.56. The van der Waals surface area contributed by atoms with Crippen LogP contribution in [-0.2, 0) is 14.3 Å². The van der Waals surface area contributed by atoms with Crippen molar-refractivity contribution in [2.45, 2.75) is 33.1 Å². The summed E-state index contributed by atoms with van der Waals surface area (Å²) in [6.45, 7) is 4.77. The molecule has 0 radical (unpaired) electrons. The second-order valence-electron chi connectivity index (χ2n) is 2.67. The van der Waals surface area contributed by atoms with Crippen molar-refractivity contribution < 1.29 is 14.3 Å². The van der Waals surface area contributed by atoms with Crippen LogP contribution in [0.15, 0.2) is 0 Å². The van der Waals surface area contributed by atoms with E-state index in [4.69, 9.17) is 14.9 Å². The van der Waals surface area contributed by atoms with Gasteiger partial charge in [-0.3, -0.25) is 10.2 Å². The molecule has 0 fully saturated rings. The lowest BCUT2D eigenvalue weighted by atomic mass is 10.4. The van der Waals surface area contributed by atoms with Gasteiger partial charge in [0.2, 0.25) is 0 Å². The first-order valence-electron chi connectivity index (χ1n) is 4.56. The fraction of sp³-hybridized carbons (Fsp3) is 0.778. The van der Waals surface area contributed by atoms with Gasteiger partial charge >= 0.3 is 5.97 Å². The van der Waals surface area contributed by atoms with E-state index in [0.29, 0.717) is 13.2 Å². The van der Waals surface area contributed by atoms with E-state index in [1.807, 2.05) is 13.8 Å². The minimum atomic E-state index is -0.386. The predicted molar refractivity (Wildman–Crippen MR) is 49.8 cm³/mol. The van der Waals surface area contributed by atoms with E-state index in [-0.39, 0.29) is 18.3 Å². The fourth-order valence-electron chi connectivity index (χ4n) is 0.674. The zero-order valence-electron chi connectivity index (χ0n) is 8.26. The number of carbonyl (C=O) groups is 1. The van der Waals surface area contributed by atoms with Crippen LogP contribution in [0.2, 0.25) is 0 Å². The molecule has 0 atom stereocenters. The topological polar surface area (TPSA) is 59.4 Å². The molecule has 0 aliphatic heterocycles. The van der Waals surface area contributed by atoms with Gasteiger partial charge in [-0.15, -0.1) is 0 Å². The van der Waals surface area contributed by atoms with Gasteiger partial charge in [-0.1, -0.05) is 13.8 Å². The smallest absolute Gasteiger partial charge is 0.315 e. The summed E-state index contributed by atoms with van der Waals surface area (Å²) in [4.78, 5) is 10.9. The number of carbonyl (C=O) groups excluding carboxylic acids is 1. The minimum Gasteiger partial charge on any atom is -0.481 e. The molecule has 0 heterocycles. The number of hydrogen-bond acceptors (Lipinski definition) is 4. The molecule has 0 bridgehead atoms. The lowest BCUT2D eigenvalue weighted by Crippen LogP contribution is -2.13. The first-order chi connectivity index (χ1) is 6.20. The summed E-state index contributed by atoms with van der Waals surface area (Å²) in [6.07, 6.45) is 1.58. The molecule has 0 aromatic carbocycles. The normalized spacial score (nSPS) is 9.38. The summed E-state index contributed by atoms with van der Waals surface area (Å²) < 4.78 is 9.71. The molecule has 0 aromatic rings. The first kappa shape index (κ1) is 11.9. The summed E-state index contributed by atoms with van der Waals surface area (Å²) in [5.41, 5.74) is 0. The van der Waals surface area contributed by atoms with E-state index in [1.165, 1.54) is 0 Å². The molecule has 0 rings (SSSR count). The highest BCUT2D eigenvalue weighted by Gasteiger charge is 2.07. The molecule has 0 unspecified atom stereocenters. The monoisotopic (exact) mass is 187 g/mol. The number of hydrogen-bond donors (Lipinski definition) is 1. The average molecular weight is 187 g/mol. The lowest BCUT2D eigenvalue weighted by molar-refractivity contribution is -0.142. The third kappa shape index (κ3) is 7.31. The molecule has 0 aromatic heterocycles. The van der Waals surface area contributed by atoms with Crippen molar-refractivity contribution in [3.8, 4) is 0 Å². The van der Waals surface area contributed by atoms with E-state index in [9.17, 15) is 4.79 Å². The van der Waals surface area contributed by atoms with Gasteiger partial charge in [-0.25, -0.2) is 0 Å². The number of nitrogens with one attached hydrogen (secondary N) is 1. The maximum absolute atomic E-state index is 10.9. The van der Waals surface area contributed by atoms with Crippen LogP contribution >= 0.6 is 0 Å². The van der Waals surface area contributed by atoms with Gasteiger partial charge in [0, 0.05) is 0 Å². The second-order valence-corrected chi connectivity index (χ2v) is 2.67. The molecule has 0 aliphatic rings. The van der Waals surface area contributed by atoms with E-state index in [1.54, 1.807) is 0 Å². The van der Waals surface area contributed by atoms with Crippen molar-refractivity contribution in [1.29, 1.82) is 5.41 Å². The predicted octanol–water partition coefficient (Wildman–Crippen LogP) is 1.73. The molecule has 0 amide bonds. The Labute approximate surface area is 78.7 Å². The van der Waals surface area contributed by atoms with Crippen LogP contribution in [0.4, 0.5) is 0 Å². The third-order valence-electron chi connectivity index (χ3n) is 1.25. The van der Waals surface area contributed by atoms with Gasteiger partial charge in [0.1, 0.15) is 6.42 Å². The van der Waals surface area contributed by atoms with Gasteiger partial charge in [-0.05, 0) is 12.8 Å². The highest BCUT2D eigenvalue weighted by molar-refractivity contribution is 5.92. The highest BCUT2D eigenvalue weighted by atomic mass is 16.5. The van der Waals surface area contributed by atoms with E-state index >= 15 is 0 Å². The van der Waals surface area contributed by atoms with Gasteiger partial charge in [-0.2, -0.15) is 0 Å². The molecule has 13 heavy (non-hydrogen) atoms. The molecular formula is C9H17NO3. The van der Waals surface area contributed by atoms with Crippen molar-refractivity contribution in [1.82, 2.24) is 0 Å². The third-order valence-corrected chi connectivity index (χ3v) is 1.25. The molecule has 1 N–H and O–H groups in total. The molecule has 76 valence electrons. The SMILES string of the molecule is CCCOC(=N)CC(=O)OCCC. The largest absolute Gasteiger partial charge is 0.481 e. The standard InChI is InChI=1S/C9H17NO3/c1-3-5-12-8(10)7-9(11)13-6-4-2/h10H,3-7H2,1-2H3. The Morgan fingerprint density at radius 1 is 1.15 bits per heavy atom. The van der Waals surface area contributed by atoms with Gasteiger partial charge in [0.15, 0.2) is 5.90 Å². The Morgan fingerprint density at radius 3 is 2.23 bits per heavy atom. The van der Waals surface area contributed by atoms with Crippen molar-refractivity contribution in [3.63, 3.8) is 0 Å². The van der Waals surface area contributed by atoms with Crippen molar-refractivity contribution >= 4 is 11.9 Å². The van der Waals surface area contributed by atoms with Gasteiger partial charge < -0.3 is 9.47 Å². The van der Waals surface area contributed by atoms with Crippen LogP contribution in [0.5, 0.6) is 0 Å². The Bertz CT molecular complexity index is 150. The van der Waals surface area contributed by atoms with Crippen LogP contribution in [0.25, 0.3) is 0 Å². The summed E-state index contributed by atoms with van der Waals surface area (Å²) in [7, 11) is 0. The Hall–Kier alpha value is -1.06. The molecule has 0 saturated carbocycles. The Kier molecular flexibility index (Phi) is 6.96. The molecule has 0 aliphatic carbocycles. The zero-order valence-corrected chi connectivity index (χ0v) is 8.26. The number of rotatable bonds is 6. The molecule has 0 spiro atoms. The fourth-order valence-corrected chi connectivity index (χ4v) is 0.674. The summed E-state index contributed by atoms with van der Waals surface area (Å²) in [6, 6.07) is 0. The van der Waals surface area contributed by atoms with Crippen LogP contribution in [0.3, 0.4) is 0 Å². The zero-order chi connectivity index (χ0) is 10.1. The second kappa shape index (κ2) is 7.58. The molecular weight excluding hydrogens is 170 g/mol. The van der Waals surface area contributed by atoms with Crippen molar-refractivity contribution in [2.24, 2.45) is 0 Å². The Balaban J connectivity index is 3.47. The van der Waals surface area contributed by atoms with E-state index in [2.05, 4.69) is 0 Å². The highest BCUT2D eigenvalue weighted by Crippen LogP contribution is 1.93. The molecule has 4 heteroatoms. The molecule has 4 nitrogen and oxygen atoms in total. The number of esters is 1. The Morgan fingerprint density at radius 2 is 1.69 bits per heavy atom. The maximum Gasteiger partial charge on any atom is 0.315 e. The van der Waals surface area contributed by atoms with Gasteiger partial charge in [0.25, 0.3) is 0 Å². The van der Waals surface area contributed by atoms with E-state index in [0.717, 1.165) is 12.8 Å². The van der Waals surface area contributed by atoms with Crippen molar-refractivity contribution in [3.05, 3.63) is 0 Å². The minimum absolute atomic E-state index is 0.0112.